The molecule has 37 heavy (non-hydrogen) atoms. The number of hydrogen-bond donors (Lipinski definition) is 2. The summed E-state index contributed by atoms with van der Waals surface area (Å²) in [6.45, 7) is 3.77. The number of nitrogens with one attached hydrogen (secondary N) is 2. The van der Waals surface area contributed by atoms with E-state index in [4.69, 9.17) is 4.42 Å². The van der Waals surface area contributed by atoms with Crippen molar-refractivity contribution in [2.24, 2.45) is 5.10 Å². The van der Waals surface area contributed by atoms with Crippen LogP contribution in [0.2, 0.25) is 0 Å². The van der Waals surface area contributed by atoms with E-state index in [9.17, 15) is 19.7 Å². The van der Waals surface area contributed by atoms with Crippen LogP contribution in [0.25, 0.3) is 0 Å². The number of hydrogen-bond acceptors (Lipinski definition) is 7. The van der Waals surface area contributed by atoms with Gasteiger partial charge in [0.15, 0.2) is 5.76 Å². The van der Waals surface area contributed by atoms with E-state index in [-0.39, 0.29) is 28.5 Å². The third-order valence-electron chi connectivity index (χ3n) is 5.25. The Morgan fingerprint density at radius 2 is 1.86 bits per heavy atom. The molecule has 0 spiro atoms. The molecule has 0 atom stereocenters. The Morgan fingerprint density at radius 3 is 2.57 bits per heavy atom. The second-order valence-corrected chi connectivity index (χ2v) is 8.91. The van der Waals surface area contributed by atoms with Gasteiger partial charge < -0.3 is 19.8 Å². The molecule has 2 aromatic heterocycles. The fourth-order valence-corrected chi connectivity index (χ4v) is 3.78. The largest absolute Gasteiger partial charge is 0.454 e. The number of halogens is 1. The second-order valence-electron chi connectivity index (χ2n) is 8.06. The number of anilines is 1. The highest BCUT2D eigenvalue weighted by Gasteiger charge is 2.20. The average Bonchev–Trinajstić information content (AvgIpc) is 3.49. The third-order valence-corrected chi connectivity index (χ3v) is 5.81. The normalized spacial score (nSPS) is 11.3. The average molecular weight is 565 g/mol. The first-order chi connectivity index (χ1) is 17.7. The SMILES string of the molecule is CC(=NNC(=O)c1ccc(Cn2cc(Br)c([N+](=O)[O-])n2)o1)c1cccc(NC(=O)c2ccc(C)cc2)c1. The number of nitro groups is 1. The van der Waals surface area contributed by atoms with Gasteiger partial charge in [0.2, 0.25) is 0 Å². The van der Waals surface area contributed by atoms with Crippen molar-refractivity contribution in [2.75, 3.05) is 5.32 Å². The Hall–Kier alpha value is -4.58. The highest BCUT2D eigenvalue weighted by molar-refractivity contribution is 9.10. The molecule has 0 unspecified atom stereocenters. The van der Waals surface area contributed by atoms with Crippen molar-refractivity contribution in [3.05, 3.63) is 110 Å². The number of aryl methyl sites for hydroxylation is 1. The molecule has 2 aromatic carbocycles. The fourth-order valence-electron chi connectivity index (χ4n) is 3.32. The van der Waals surface area contributed by atoms with E-state index in [1.165, 1.54) is 16.9 Å². The van der Waals surface area contributed by atoms with Crippen LogP contribution in [0.1, 0.15) is 44.7 Å². The number of benzene rings is 2. The summed E-state index contributed by atoms with van der Waals surface area (Å²) in [5.74, 6) is -0.708. The predicted octanol–water partition coefficient (Wildman–Crippen LogP) is 4.91. The summed E-state index contributed by atoms with van der Waals surface area (Å²) in [5, 5.41) is 21.8. The monoisotopic (exact) mass is 564 g/mol. The van der Waals surface area contributed by atoms with Gasteiger partial charge >= 0.3 is 11.7 Å². The molecule has 0 radical (unpaired) electrons. The van der Waals surface area contributed by atoms with Gasteiger partial charge in [0.25, 0.3) is 5.91 Å². The summed E-state index contributed by atoms with van der Waals surface area (Å²) in [4.78, 5) is 35.3. The topological polar surface area (TPSA) is 145 Å². The van der Waals surface area contributed by atoms with Gasteiger partial charge in [0.1, 0.15) is 16.8 Å². The zero-order valence-electron chi connectivity index (χ0n) is 19.8. The summed E-state index contributed by atoms with van der Waals surface area (Å²) in [6, 6.07) is 17.4. The van der Waals surface area contributed by atoms with Gasteiger partial charge in [0, 0.05) is 11.3 Å². The van der Waals surface area contributed by atoms with Crippen LogP contribution in [0, 0.1) is 17.0 Å². The molecule has 2 heterocycles. The Balaban J connectivity index is 1.38. The number of rotatable bonds is 8. The number of nitrogens with zero attached hydrogens (tertiary/aromatic N) is 4. The minimum absolute atomic E-state index is 0.0198. The number of furan rings is 1. The molecule has 0 aliphatic heterocycles. The summed E-state index contributed by atoms with van der Waals surface area (Å²) in [6.07, 6.45) is 1.45. The summed E-state index contributed by atoms with van der Waals surface area (Å²) >= 11 is 3.09. The van der Waals surface area contributed by atoms with Crippen LogP contribution < -0.4 is 10.7 Å². The molecule has 188 valence electrons. The fraction of sp³-hybridized carbons (Fsp3) is 0.120. The quantitative estimate of drug-likeness (QED) is 0.177. The van der Waals surface area contributed by atoms with Crippen molar-refractivity contribution >= 4 is 45.0 Å². The lowest BCUT2D eigenvalue weighted by Crippen LogP contribution is -2.19. The Morgan fingerprint density at radius 1 is 1.11 bits per heavy atom. The van der Waals surface area contributed by atoms with Crippen molar-refractivity contribution in [3.8, 4) is 0 Å². The predicted molar refractivity (Wildman–Crippen MR) is 140 cm³/mol. The van der Waals surface area contributed by atoms with Crippen LogP contribution in [-0.2, 0) is 6.54 Å². The molecular weight excluding hydrogens is 544 g/mol. The first kappa shape index (κ1) is 25.5. The highest BCUT2D eigenvalue weighted by Crippen LogP contribution is 2.23. The highest BCUT2D eigenvalue weighted by atomic mass is 79.9. The lowest BCUT2D eigenvalue weighted by atomic mass is 10.1. The van der Waals surface area contributed by atoms with E-state index in [0.717, 1.165) is 5.56 Å². The maximum absolute atomic E-state index is 12.5. The number of hydrazone groups is 1. The molecule has 4 rings (SSSR count). The maximum atomic E-state index is 12.5. The molecule has 4 aromatic rings. The number of carbonyl (C=O) groups is 2. The van der Waals surface area contributed by atoms with Crippen molar-refractivity contribution in [1.82, 2.24) is 15.2 Å². The molecule has 0 aliphatic carbocycles. The molecule has 2 N–H and O–H groups in total. The Bertz CT molecular complexity index is 1510. The number of amides is 2. The standard InChI is InChI=1S/C25H21BrN6O5/c1-15-6-8-17(9-7-15)24(33)27-19-5-3-4-18(12-19)16(2)28-29-25(34)22-11-10-20(37-22)13-31-14-21(26)23(30-31)32(35)36/h3-12,14H,13H2,1-2H3,(H,27,33)(H,29,34). The maximum Gasteiger partial charge on any atom is 0.404 e. The first-order valence-electron chi connectivity index (χ1n) is 11.0. The van der Waals surface area contributed by atoms with Gasteiger partial charge in [-0.25, -0.2) is 5.43 Å². The van der Waals surface area contributed by atoms with E-state index >= 15 is 0 Å². The van der Waals surface area contributed by atoms with Gasteiger partial charge in [-0.1, -0.05) is 29.8 Å². The Labute approximate surface area is 219 Å². The van der Waals surface area contributed by atoms with Gasteiger partial charge in [-0.3, -0.25) is 9.59 Å². The second kappa shape index (κ2) is 11.0. The summed E-state index contributed by atoms with van der Waals surface area (Å²) in [7, 11) is 0. The van der Waals surface area contributed by atoms with Crippen molar-refractivity contribution in [1.29, 1.82) is 0 Å². The van der Waals surface area contributed by atoms with E-state index < -0.39 is 10.8 Å². The van der Waals surface area contributed by atoms with Gasteiger partial charge in [-0.2, -0.15) is 9.78 Å². The molecule has 0 bridgehead atoms. The molecule has 0 aliphatic rings. The summed E-state index contributed by atoms with van der Waals surface area (Å²) in [5.41, 5.74) is 5.86. The molecule has 0 fully saturated rings. The van der Waals surface area contributed by atoms with Crippen LogP contribution in [0.5, 0.6) is 0 Å². The van der Waals surface area contributed by atoms with E-state index in [0.29, 0.717) is 28.3 Å². The molecule has 0 saturated carbocycles. The van der Waals surface area contributed by atoms with Crippen molar-refractivity contribution < 1.29 is 18.9 Å². The molecule has 12 heteroatoms. The van der Waals surface area contributed by atoms with Crippen molar-refractivity contribution in [2.45, 2.75) is 20.4 Å². The van der Waals surface area contributed by atoms with E-state index in [1.807, 2.05) is 19.1 Å². The lowest BCUT2D eigenvalue weighted by Gasteiger charge is -2.08. The minimum atomic E-state index is -0.602. The van der Waals surface area contributed by atoms with Crippen molar-refractivity contribution in [3.63, 3.8) is 0 Å². The minimum Gasteiger partial charge on any atom is -0.454 e. The van der Waals surface area contributed by atoms with Crippen LogP contribution in [-0.4, -0.2) is 32.2 Å². The summed E-state index contributed by atoms with van der Waals surface area (Å²) < 4.78 is 7.10. The Kier molecular flexibility index (Phi) is 7.58. The van der Waals surface area contributed by atoms with Gasteiger partial charge in [-0.15, -0.1) is 0 Å². The lowest BCUT2D eigenvalue weighted by molar-refractivity contribution is -0.390. The third kappa shape index (κ3) is 6.35. The van der Waals surface area contributed by atoms with Crippen LogP contribution >= 0.6 is 15.9 Å². The zero-order chi connectivity index (χ0) is 26.5. The molecular formula is C25H21BrN6O5. The van der Waals surface area contributed by atoms with Crippen LogP contribution in [0.4, 0.5) is 11.5 Å². The zero-order valence-corrected chi connectivity index (χ0v) is 21.4. The van der Waals surface area contributed by atoms with E-state index in [1.54, 1.807) is 49.4 Å². The molecule has 0 saturated heterocycles. The first-order valence-corrected chi connectivity index (χ1v) is 11.8. The smallest absolute Gasteiger partial charge is 0.404 e. The van der Waals surface area contributed by atoms with Crippen LogP contribution in [0.3, 0.4) is 0 Å². The van der Waals surface area contributed by atoms with Gasteiger partial charge in [0.05, 0.1) is 17.0 Å². The van der Waals surface area contributed by atoms with Gasteiger partial charge in [-0.05, 0) is 76.7 Å². The van der Waals surface area contributed by atoms with Crippen LogP contribution in [0.15, 0.2) is 80.9 Å². The number of aromatic nitrogens is 2. The molecule has 11 nitrogen and oxygen atoms in total. The number of carbonyl (C=O) groups excluding carboxylic acids is 2. The molecule has 2 amide bonds. The van der Waals surface area contributed by atoms with E-state index in [2.05, 4.69) is 36.9 Å².